The van der Waals surface area contributed by atoms with Gasteiger partial charge >= 0.3 is 0 Å². The third-order valence-corrected chi connectivity index (χ3v) is 4.61. The lowest BCUT2D eigenvalue weighted by Crippen LogP contribution is -3.23. The molecule has 4 N–H and O–H groups in total. The third kappa shape index (κ3) is 2.31. The number of carbonyl (C=O) groups is 2. The maximum Gasteiger partial charge on any atom is 0.286 e. The maximum absolute atomic E-state index is 12.6. The number of aliphatic hydroxyl groups is 1. The summed E-state index contributed by atoms with van der Waals surface area (Å²) in [7, 11) is 0. The molecule has 2 amide bonds. The van der Waals surface area contributed by atoms with Gasteiger partial charge < -0.3 is 20.6 Å². The number of rotatable bonds is 5. The summed E-state index contributed by atoms with van der Waals surface area (Å²) in [5.74, 6) is -0.118. The van der Waals surface area contributed by atoms with Crippen molar-refractivity contribution in [2.75, 3.05) is 19.6 Å². The monoisotopic (exact) mass is 284 g/mol. The second-order valence-corrected chi connectivity index (χ2v) is 6.66. The topological polar surface area (TPSA) is 88.1 Å². The Morgan fingerprint density at radius 2 is 2.15 bits per heavy atom. The van der Waals surface area contributed by atoms with Gasteiger partial charge in [0.05, 0.1) is 25.7 Å². The minimum atomic E-state index is -0.927. The minimum Gasteiger partial charge on any atom is -0.391 e. The van der Waals surface area contributed by atoms with E-state index < -0.39 is 18.1 Å². The van der Waals surface area contributed by atoms with E-state index in [9.17, 15) is 14.7 Å². The molecule has 6 heteroatoms. The van der Waals surface area contributed by atoms with Gasteiger partial charge in [-0.1, -0.05) is 13.8 Å². The van der Waals surface area contributed by atoms with Crippen LogP contribution < -0.4 is 10.6 Å². The third-order valence-electron chi connectivity index (χ3n) is 4.61. The fourth-order valence-electron chi connectivity index (χ4n) is 3.75. The zero-order valence-electron chi connectivity index (χ0n) is 12.6. The number of β-lactam (4-membered cyclic amide) rings is 1. The van der Waals surface area contributed by atoms with Crippen molar-refractivity contribution < 1.29 is 19.6 Å². The number of carbonyl (C=O) groups excluding carboxylic acids is 2. The molecule has 0 aromatic heterocycles. The predicted octanol–water partition coefficient (Wildman–Crippen LogP) is -1.86. The van der Waals surface area contributed by atoms with Crippen LogP contribution in [0, 0.1) is 5.92 Å². The molecular weight excluding hydrogens is 258 g/mol. The molecule has 0 aliphatic carbocycles. The van der Waals surface area contributed by atoms with Gasteiger partial charge in [-0.25, -0.2) is 0 Å². The minimum absolute atomic E-state index is 0.0182. The smallest absolute Gasteiger partial charge is 0.286 e. The summed E-state index contributed by atoms with van der Waals surface area (Å²) in [4.78, 5) is 26.8. The van der Waals surface area contributed by atoms with Crippen molar-refractivity contribution in [1.29, 1.82) is 0 Å². The number of hydrogen-bond acceptors (Lipinski definition) is 3. The molecule has 0 aromatic carbocycles. The number of nitrogens with one attached hydrogen (secondary N) is 1. The Hall–Kier alpha value is -1.14. The molecule has 114 valence electrons. The van der Waals surface area contributed by atoms with Crippen molar-refractivity contribution in [1.82, 2.24) is 4.90 Å². The van der Waals surface area contributed by atoms with E-state index in [0.29, 0.717) is 12.5 Å². The number of aliphatic hydroxyl groups excluding tert-OH is 1. The summed E-state index contributed by atoms with van der Waals surface area (Å²) in [6.07, 6.45) is 0.983. The molecule has 2 fully saturated rings. The molecule has 20 heavy (non-hydrogen) atoms. The summed E-state index contributed by atoms with van der Waals surface area (Å²) in [5, 5.41) is 9.68. The fourth-order valence-corrected chi connectivity index (χ4v) is 3.75. The Labute approximate surface area is 119 Å². The molecular formula is C14H26N3O3+. The van der Waals surface area contributed by atoms with Crippen molar-refractivity contribution in [3.63, 3.8) is 0 Å². The van der Waals surface area contributed by atoms with Crippen molar-refractivity contribution in [3.05, 3.63) is 0 Å². The fraction of sp³-hybridized carbons (Fsp3) is 0.857. The van der Waals surface area contributed by atoms with Crippen LogP contribution in [0.2, 0.25) is 0 Å². The number of hydrogen-bond donors (Lipinski definition) is 3. The van der Waals surface area contributed by atoms with E-state index in [-0.39, 0.29) is 11.4 Å². The molecule has 1 spiro atoms. The van der Waals surface area contributed by atoms with Crippen molar-refractivity contribution >= 4 is 11.8 Å². The summed E-state index contributed by atoms with van der Waals surface area (Å²) < 4.78 is 0. The molecule has 0 bridgehead atoms. The number of likely N-dealkylation sites (tertiary alicyclic amines) is 2. The molecule has 6 nitrogen and oxygen atoms in total. The molecule has 0 radical (unpaired) electrons. The second-order valence-electron chi connectivity index (χ2n) is 6.66. The molecule has 2 saturated heterocycles. The van der Waals surface area contributed by atoms with E-state index in [1.54, 1.807) is 0 Å². The van der Waals surface area contributed by atoms with Crippen LogP contribution in [-0.4, -0.2) is 59.1 Å². The zero-order chi connectivity index (χ0) is 15.1. The van der Waals surface area contributed by atoms with Crippen LogP contribution in [0.5, 0.6) is 0 Å². The number of amides is 2. The first-order valence-electron chi connectivity index (χ1n) is 7.43. The zero-order valence-corrected chi connectivity index (χ0v) is 12.6. The Morgan fingerprint density at radius 3 is 2.60 bits per heavy atom. The highest BCUT2D eigenvalue weighted by Gasteiger charge is 2.64. The van der Waals surface area contributed by atoms with E-state index in [2.05, 4.69) is 13.8 Å². The van der Waals surface area contributed by atoms with Gasteiger partial charge in [0.1, 0.15) is 6.04 Å². The maximum atomic E-state index is 12.6. The number of primary amides is 1. The van der Waals surface area contributed by atoms with E-state index in [4.69, 9.17) is 5.73 Å². The largest absolute Gasteiger partial charge is 0.391 e. The quantitative estimate of drug-likeness (QED) is 0.517. The lowest BCUT2D eigenvalue weighted by Gasteiger charge is -2.51. The van der Waals surface area contributed by atoms with Crippen molar-refractivity contribution in [2.45, 2.75) is 51.3 Å². The highest BCUT2D eigenvalue weighted by molar-refractivity contribution is 5.96. The summed E-state index contributed by atoms with van der Waals surface area (Å²) in [6, 6.07) is -0.894. The van der Waals surface area contributed by atoms with Crippen LogP contribution in [0.3, 0.4) is 0 Å². The van der Waals surface area contributed by atoms with Crippen molar-refractivity contribution in [2.24, 2.45) is 11.7 Å². The average Bonchev–Trinajstić information content (AvgIpc) is 2.72. The molecule has 0 aromatic rings. The van der Waals surface area contributed by atoms with Crippen molar-refractivity contribution in [3.8, 4) is 0 Å². The Morgan fingerprint density at radius 1 is 1.50 bits per heavy atom. The normalized spacial score (nSPS) is 32.5. The van der Waals surface area contributed by atoms with Crippen LogP contribution in [0.25, 0.3) is 0 Å². The van der Waals surface area contributed by atoms with E-state index >= 15 is 0 Å². The summed E-state index contributed by atoms with van der Waals surface area (Å²) in [6.45, 7) is 8.32. The Balaban J connectivity index is 2.12. The van der Waals surface area contributed by atoms with Gasteiger partial charge in [-0.2, -0.15) is 0 Å². The molecule has 2 rings (SSSR count). The van der Waals surface area contributed by atoms with Gasteiger partial charge in [0.25, 0.3) is 5.91 Å². The first-order chi connectivity index (χ1) is 9.29. The van der Waals surface area contributed by atoms with Crippen LogP contribution in [-0.2, 0) is 9.59 Å². The molecule has 2 aliphatic heterocycles. The first-order valence-corrected chi connectivity index (χ1v) is 7.43. The lowest BCUT2D eigenvalue weighted by atomic mass is 9.83. The number of quaternary nitrogens is 1. The second kappa shape index (κ2) is 5.33. The van der Waals surface area contributed by atoms with Gasteiger partial charge in [-0.15, -0.1) is 0 Å². The molecule has 2 heterocycles. The number of nitrogens with zero attached hydrogens (tertiary/aromatic N) is 1. The molecule has 0 saturated carbocycles. The Kier molecular flexibility index (Phi) is 4.07. The van der Waals surface area contributed by atoms with Crippen LogP contribution in [0.15, 0.2) is 0 Å². The highest BCUT2D eigenvalue weighted by Crippen LogP contribution is 2.30. The van der Waals surface area contributed by atoms with Gasteiger partial charge in [-0.3, -0.25) is 9.59 Å². The predicted molar refractivity (Wildman–Crippen MR) is 73.9 cm³/mol. The van der Waals surface area contributed by atoms with Gasteiger partial charge in [-0.05, 0) is 6.92 Å². The number of nitrogens with two attached hydrogens (primary N) is 1. The van der Waals surface area contributed by atoms with Crippen LogP contribution in [0.4, 0.5) is 0 Å². The Bertz CT molecular complexity index is 410. The van der Waals surface area contributed by atoms with Gasteiger partial charge in [0.15, 0.2) is 5.54 Å². The van der Waals surface area contributed by atoms with Crippen LogP contribution in [0.1, 0.15) is 33.6 Å². The molecule has 4 atom stereocenters. The SMILES string of the molecule is CC(C)C[NH+]1CCC[C@]12CN([C@H](C(N)=O)[C@@H](C)O)C2=O. The van der Waals surface area contributed by atoms with E-state index in [0.717, 1.165) is 25.9 Å². The van der Waals surface area contributed by atoms with E-state index in [1.807, 2.05) is 0 Å². The van der Waals surface area contributed by atoms with Crippen LogP contribution >= 0.6 is 0 Å². The van der Waals surface area contributed by atoms with E-state index in [1.165, 1.54) is 16.7 Å². The average molecular weight is 284 g/mol. The first kappa shape index (κ1) is 15.3. The summed E-state index contributed by atoms with van der Waals surface area (Å²) >= 11 is 0. The van der Waals surface area contributed by atoms with Gasteiger partial charge in [0.2, 0.25) is 5.91 Å². The molecule has 1 unspecified atom stereocenters. The summed E-state index contributed by atoms with van der Waals surface area (Å²) in [5.41, 5.74) is 4.94. The highest BCUT2D eigenvalue weighted by atomic mass is 16.3. The standard InChI is InChI=1S/C14H25N3O3/c1-9(2)7-16-6-4-5-14(16)8-17(13(14)20)11(10(3)18)12(15)19/h9-11,18H,4-8H2,1-3H3,(H2,15,19)/p+1/t10-,11+,14-/m1/s1. The lowest BCUT2D eigenvalue weighted by molar-refractivity contribution is -0.936. The molecule has 2 aliphatic rings. The van der Waals surface area contributed by atoms with Gasteiger partial charge in [0, 0.05) is 18.8 Å².